The van der Waals surface area contributed by atoms with Crippen LogP contribution in [0.5, 0.6) is 5.75 Å². The number of nitrogens with two attached hydrogens (primary N) is 1. The molecule has 12 heavy (non-hydrogen) atoms. The van der Waals surface area contributed by atoms with Crippen LogP contribution in [-0.2, 0) is 15.1 Å². The molecular formula is C6H5ClNO3S. The van der Waals surface area contributed by atoms with Crippen LogP contribution in [0.25, 0.3) is 0 Å². The molecule has 0 aliphatic rings. The summed E-state index contributed by atoms with van der Waals surface area (Å²) in [5.41, 5.74) is 0. The van der Waals surface area contributed by atoms with Crippen molar-refractivity contribution in [3.05, 3.63) is 23.2 Å². The molecule has 0 heterocycles. The molecule has 0 bridgehead atoms. The van der Waals surface area contributed by atoms with Gasteiger partial charge in [0.05, 0.1) is 5.02 Å². The normalized spacial score (nSPS) is 11.5. The maximum Gasteiger partial charge on any atom is 0.239 e. The van der Waals surface area contributed by atoms with Crippen molar-refractivity contribution in [2.24, 2.45) is 5.14 Å². The average Bonchev–Trinajstić information content (AvgIpc) is 1.83. The van der Waals surface area contributed by atoms with Crippen LogP contribution in [0.15, 0.2) is 23.1 Å². The monoisotopic (exact) mass is 206 g/mol. The van der Waals surface area contributed by atoms with Crippen molar-refractivity contribution in [1.82, 2.24) is 0 Å². The highest BCUT2D eigenvalue weighted by Crippen LogP contribution is 2.24. The number of benzene rings is 1. The van der Waals surface area contributed by atoms with Gasteiger partial charge in [0.2, 0.25) is 10.0 Å². The third kappa shape index (κ3) is 1.88. The van der Waals surface area contributed by atoms with E-state index in [-0.39, 0.29) is 15.7 Å². The van der Waals surface area contributed by atoms with E-state index in [1.165, 1.54) is 0 Å². The zero-order valence-corrected chi connectivity index (χ0v) is 7.39. The zero-order chi connectivity index (χ0) is 9.35. The molecule has 0 saturated carbocycles. The summed E-state index contributed by atoms with van der Waals surface area (Å²) < 4.78 is 21.5. The van der Waals surface area contributed by atoms with E-state index < -0.39 is 10.0 Å². The Morgan fingerprint density at radius 3 is 2.33 bits per heavy atom. The topological polar surface area (TPSA) is 80.1 Å². The van der Waals surface area contributed by atoms with Crippen molar-refractivity contribution in [3.63, 3.8) is 0 Å². The minimum atomic E-state index is -3.82. The van der Waals surface area contributed by atoms with Crippen LogP contribution in [0, 0.1) is 0 Å². The second kappa shape index (κ2) is 2.93. The van der Waals surface area contributed by atoms with E-state index in [0.717, 1.165) is 18.2 Å². The summed E-state index contributed by atoms with van der Waals surface area (Å²) in [6.07, 6.45) is 0. The molecule has 0 aliphatic heterocycles. The molecule has 1 aromatic carbocycles. The van der Waals surface area contributed by atoms with Gasteiger partial charge in [0.15, 0.2) is 5.75 Å². The molecule has 6 heteroatoms. The number of rotatable bonds is 1. The van der Waals surface area contributed by atoms with Crippen molar-refractivity contribution >= 4 is 21.6 Å². The Hall–Kier alpha value is -0.780. The van der Waals surface area contributed by atoms with Gasteiger partial charge >= 0.3 is 0 Å². The van der Waals surface area contributed by atoms with E-state index in [0.29, 0.717) is 0 Å². The molecule has 0 amide bonds. The lowest BCUT2D eigenvalue weighted by atomic mass is 10.3. The van der Waals surface area contributed by atoms with Crippen LogP contribution >= 0.6 is 11.6 Å². The Kier molecular flexibility index (Phi) is 2.27. The predicted molar refractivity (Wildman–Crippen MR) is 43.0 cm³/mol. The Bertz CT molecular complexity index is 401. The summed E-state index contributed by atoms with van der Waals surface area (Å²) in [4.78, 5) is -0.233. The van der Waals surface area contributed by atoms with Gasteiger partial charge in [-0.05, 0) is 12.1 Å². The first-order valence-corrected chi connectivity index (χ1v) is 4.83. The Labute approximate surface area is 74.6 Å². The molecule has 0 atom stereocenters. The molecule has 1 radical (unpaired) electrons. The zero-order valence-electron chi connectivity index (χ0n) is 5.82. The van der Waals surface area contributed by atoms with Crippen molar-refractivity contribution in [2.75, 3.05) is 0 Å². The quantitative estimate of drug-likeness (QED) is 0.748. The number of hydrogen-bond acceptors (Lipinski definition) is 2. The van der Waals surface area contributed by atoms with Gasteiger partial charge in [0.1, 0.15) is 4.90 Å². The van der Waals surface area contributed by atoms with Crippen LogP contribution in [0.3, 0.4) is 0 Å². The van der Waals surface area contributed by atoms with Gasteiger partial charge in [0, 0.05) is 6.07 Å². The molecule has 2 N–H and O–H groups in total. The first-order valence-electron chi connectivity index (χ1n) is 2.90. The van der Waals surface area contributed by atoms with Crippen molar-refractivity contribution in [3.8, 4) is 5.75 Å². The van der Waals surface area contributed by atoms with Crippen molar-refractivity contribution in [2.45, 2.75) is 4.90 Å². The Morgan fingerprint density at radius 1 is 1.33 bits per heavy atom. The minimum Gasteiger partial charge on any atom is -0.290 e. The first kappa shape index (κ1) is 9.31. The van der Waals surface area contributed by atoms with E-state index in [2.05, 4.69) is 0 Å². The summed E-state index contributed by atoms with van der Waals surface area (Å²) >= 11 is 5.45. The maximum absolute atomic E-state index is 10.8. The number of primary sulfonamides is 1. The fraction of sp³-hybridized carbons (Fsp3) is 0. The molecule has 0 aromatic heterocycles. The second-order valence-electron chi connectivity index (χ2n) is 2.14. The average molecular weight is 207 g/mol. The summed E-state index contributed by atoms with van der Waals surface area (Å²) in [6.45, 7) is 0. The molecule has 1 aromatic rings. The van der Waals surface area contributed by atoms with Crippen LogP contribution in [0.1, 0.15) is 0 Å². The third-order valence-electron chi connectivity index (χ3n) is 1.21. The van der Waals surface area contributed by atoms with Gasteiger partial charge in [0.25, 0.3) is 0 Å². The summed E-state index contributed by atoms with van der Waals surface area (Å²) in [7, 11) is -3.82. The summed E-state index contributed by atoms with van der Waals surface area (Å²) in [6, 6.07) is 3.17. The molecule has 0 fully saturated rings. The molecule has 1 rings (SSSR count). The molecule has 0 saturated heterocycles. The Balaban J connectivity index is 3.39. The summed E-state index contributed by atoms with van der Waals surface area (Å²) in [5, 5.41) is 15.3. The molecule has 4 nitrogen and oxygen atoms in total. The van der Waals surface area contributed by atoms with E-state index in [9.17, 15) is 13.5 Å². The van der Waals surface area contributed by atoms with Gasteiger partial charge in [-0.25, -0.2) is 13.6 Å². The van der Waals surface area contributed by atoms with Crippen molar-refractivity contribution < 1.29 is 13.5 Å². The lowest BCUT2D eigenvalue weighted by Crippen LogP contribution is -2.12. The Morgan fingerprint density at radius 2 is 1.92 bits per heavy atom. The number of sulfonamides is 1. The molecular weight excluding hydrogens is 202 g/mol. The van der Waals surface area contributed by atoms with Crippen molar-refractivity contribution in [1.29, 1.82) is 0 Å². The standard InChI is InChI=1S/C6H5ClNO3S/c7-5-3-4(9)1-2-6(5)12(8,10)11/h1-3H,(H2,8,10,11). The highest BCUT2D eigenvalue weighted by molar-refractivity contribution is 7.89. The smallest absolute Gasteiger partial charge is 0.239 e. The van der Waals surface area contributed by atoms with Crippen LogP contribution < -0.4 is 5.14 Å². The molecule has 0 spiro atoms. The first-order chi connectivity index (χ1) is 5.41. The van der Waals surface area contributed by atoms with E-state index in [4.69, 9.17) is 16.7 Å². The minimum absolute atomic E-state index is 0.148. The van der Waals surface area contributed by atoms with Gasteiger partial charge in [-0.2, -0.15) is 0 Å². The fourth-order valence-electron chi connectivity index (χ4n) is 0.712. The molecule has 0 unspecified atom stereocenters. The maximum atomic E-state index is 10.8. The van der Waals surface area contributed by atoms with Crippen LogP contribution in [0.4, 0.5) is 0 Å². The van der Waals surface area contributed by atoms with Crippen LogP contribution in [0.2, 0.25) is 5.02 Å². The van der Waals surface area contributed by atoms with E-state index in [1.807, 2.05) is 0 Å². The summed E-state index contributed by atoms with van der Waals surface area (Å²) in [5.74, 6) is -0.354. The predicted octanol–water partition coefficient (Wildman–Crippen LogP) is 1.13. The highest BCUT2D eigenvalue weighted by Gasteiger charge is 2.12. The number of halogens is 1. The van der Waals surface area contributed by atoms with Gasteiger partial charge < -0.3 is 0 Å². The van der Waals surface area contributed by atoms with Gasteiger partial charge in [-0.1, -0.05) is 11.6 Å². The van der Waals surface area contributed by atoms with E-state index in [1.54, 1.807) is 0 Å². The van der Waals surface area contributed by atoms with Crippen LogP contribution in [-0.4, -0.2) is 8.42 Å². The van der Waals surface area contributed by atoms with E-state index >= 15 is 0 Å². The largest absolute Gasteiger partial charge is 0.290 e. The van der Waals surface area contributed by atoms with Gasteiger partial charge in [-0.15, -0.1) is 0 Å². The lowest BCUT2D eigenvalue weighted by Gasteiger charge is -1.99. The fourth-order valence-corrected chi connectivity index (χ4v) is 1.79. The highest BCUT2D eigenvalue weighted by atomic mass is 35.5. The SMILES string of the molecule is NS(=O)(=O)c1ccc([O])cc1Cl. The second-order valence-corrected chi connectivity index (χ2v) is 4.07. The third-order valence-corrected chi connectivity index (χ3v) is 2.60. The lowest BCUT2D eigenvalue weighted by molar-refractivity contribution is 0.354. The molecule has 0 aliphatic carbocycles. The molecule has 65 valence electrons. The van der Waals surface area contributed by atoms with Gasteiger partial charge in [-0.3, -0.25) is 5.11 Å². The number of hydrogen-bond donors (Lipinski definition) is 1.